The van der Waals surface area contributed by atoms with Gasteiger partial charge in [0.25, 0.3) is 23.6 Å². The summed E-state index contributed by atoms with van der Waals surface area (Å²) in [6, 6.07) is 13.3. The van der Waals surface area contributed by atoms with E-state index in [1.165, 1.54) is 42.0 Å². The van der Waals surface area contributed by atoms with Crippen molar-refractivity contribution in [1.29, 1.82) is 0 Å². The van der Waals surface area contributed by atoms with Crippen molar-refractivity contribution < 1.29 is 67.5 Å². The van der Waals surface area contributed by atoms with E-state index < -0.39 is 96.1 Å². The van der Waals surface area contributed by atoms with Crippen molar-refractivity contribution in [2.75, 3.05) is 28.2 Å². The van der Waals surface area contributed by atoms with E-state index in [2.05, 4.69) is 10.2 Å². The van der Waals surface area contributed by atoms with Gasteiger partial charge < -0.3 is 48.8 Å². The van der Waals surface area contributed by atoms with Gasteiger partial charge in [0.2, 0.25) is 0 Å². The Hall–Kier alpha value is -7.46. The second kappa shape index (κ2) is 31.0. The Morgan fingerprint density at radius 3 is 0.956 bits per heavy atom. The standard InChI is InChI=1S/C68H96N8O14/c1-39(2)27-55-65(83)87-43(9)61(79)71(11)58(30-42(7)8)68(86)90-60(32-46-17-21-48(22-18-46)36-76-54(50-25-26-50)34-52(38-78)70-76)64(82)74(14)56(28-40(3)4)66(84)88-44(10)62(80)72(12)57(29-41(5)6)67(85)89-59(63(81)73(55)13)31-45-15-19-47(20-16-45)35-75-53(49-23-24-49)33-51(37-77)69-75/h15-22,33-34,39-44,49-50,55-60,77-78H,23-32,35-38H2,1-14H3/t43-,44-,55+,56+,57+,58+,59-,60-/m1/s1. The Morgan fingerprint density at radius 2 is 0.689 bits per heavy atom. The minimum Gasteiger partial charge on any atom is -0.451 e. The molecule has 0 spiro atoms. The van der Waals surface area contributed by atoms with Gasteiger partial charge in [-0.3, -0.25) is 28.5 Å². The molecular formula is C68H96N8O14. The van der Waals surface area contributed by atoms with Crippen LogP contribution in [0.3, 0.4) is 0 Å². The molecule has 22 nitrogen and oxygen atoms in total. The van der Waals surface area contributed by atoms with Crippen LogP contribution >= 0.6 is 0 Å². The quantitative estimate of drug-likeness (QED) is 0.0674. The molecule has 2 saturated carbocycles. The number of aromatic nitrogens is 4. The monoisotopic (exact) mass is 1250 g/mol. The molecule has 0 radical (unpaired) electrons. The number of carbonyl (C=O) groups is 8. The van der Waals surface area contributed by atoms with E-state index in [0.29, 0.717) is 47.4 Å². The highest BCUT2D eigenvalue weighted by molar-refractivity contribution is 5.94. The van der Waals surface area contributed by atoms with E-state index in [9.17, 15) is 39.0 Å². The number of esters is 4. The number of benzene rings is 2. The molecule has 8 atom stereocenters. The highest BCUT2D eigenvalue weighted by atomic mass is 16.6. The van der Waals surface area contributed by atoms with E-state index in [1.807, 2.05) is 101 Å². The molecule has 4 amide bonds. The maximum atomic E-state index is 15.2. The van der Waals surface area contributed by atoms with Crippen LogP contribution in [0.4, 0.5) is 0 Å². The minimum atomic E-state index is -1.56. The Bertz CT molecular complexity index is 2920. The van der Waals surface area contributed by atoms with Crippen LogP contribution in [-0.4, -0.2) is 174 Å². The van der Waals surface area contributed by atoms with Gasteiger partial charge in [0.15, 0.2) is 24.4 Å². The lowest BCUT2D eigenvalue weighted by Crippen LogP contribution is -2.55. The average molecular weight is 1250 g/mol. The van der Waals surface area contributed by atoms with Crippen molar-refractivity contribution in [1.82, 2.24) is 39.2 Å². The second-order valence-electron chi connectivity index (χ2n) is 26.7. The van der Waals surface area contributed by atoms with Gasteiger partial charge in [-0.15, -0.1) is 0 Å². The topological polar surface area (TPSA) is 263 Å². The first kappa shape index (κ1) is 70.0. The van der Waals surface area contributed by atoms with Crippen LogP contribution in [0.15, 0.2) is 60.7 Å². The normalized spacial score (nSPS) is 23.7. The number of rotatable bonds is 20. The fraction of sp³-hybridized carbons (Fsp3) is 0.618. The minimum absolute atomic E-state index is 0.0648. The molecule has 3 fully saturated rings. The fourth-order valence-electron chi connectivity index (χ4n) is 11.6. The summed E-state index contributed by atoms with van der Waals surface area (Å²) >= 11 is 0. The van der Waals surface area contributed by atoms with Crippen LogP contribution < -0.4 is 0 Å². The first-order valence-corrected chi connectivity index (χ1v) is 32.0. The third kappa shape index (κ3) is 18.4. The number of aliphatic hydroxyl groups is 2. The third-order valence-electron chi connectivity index (χ3n) is 17.1. The molecule has 7 rings (SSSR count). The van der Waals surface area contributed by atoms with Gasteiger partial charge in [-0.05, 0) is 123 Å². The summed E-state index contributed by atoms with van der Waals surface area (Å²) in [5.74, 6) is -6.88. The zero-order valence-corrected chi connectivity index (χ0v) is 55.1. The van der Waals surface area contributed by atoms with E-state index in [4.69, 9.17) is 18.9 Å². The Labute approximate surface area is 529 Å². The molecule has 1 aliphatic heterocycles. The zero-order valence-electron chi connectivity index (χ0n) is 55.1. The summed E-state index contributed by atoms with van der Waals surface area (Å²) in [5.41, 5.74) is 6.20. The Morgan fingerprint density at radius 1 is 0.422 bits per heavy atom. The van der Waals surface area contributed by atoms with Gasteiger partial charge in [0.05, 0.1) is 37.7 Å². The number of nitrogens with zero attached hydrogens (tertiary/aromatic N) is 8. The van der Waals surface area contributed by atoms with Gasteiger partial charge in [0, 0.05) is 64.3 Å². The molecule has 22 heteroatoms. The number of hydrogen-bond donors (Lipinski definition) is 2. The molecule has 3 aliphatic rings. The van der Waals surface area contributed by atoms with Crippen LogP contribution in [0.2, 0.25) is 0 Å². The van der Waals surface area contributed by atoms with E-state index >= 15 is 9.59 Å². The van der Waals surface area contributed by atoms with Crippen molar-refractivity contribution in [3.63, 3.8) is 0 Å². The summed E-state index contributed by atoms with van der Waals surface area (Å²) in [6.07, 6.45) is -2.05. The molecule has 3 heterocycles. The van der Waals surface area contributed by atoms with Crippen molar-refractivity contribution >= 4 is 47.5 Å². The number of ether oxygens (including phenoxy) is 4. The summed E-state index contributed by atoms with van der Waals surface area (Å²) in [6.45, 7) is 18.0. The summed E-state index contributed by atoms with van der Waals surface area (Å²) < 4.78 is 28.2. The zero-order chi connectivity index (χ0) is 66.0. The van der Waals surface area contributed by atoms with Crippen molar-refractivity contribution in [3.8, 4) is 0 Å². The third-order valence-corrected chi connectivity index (χ3v) is 17.1. The molecule has 90 heavy (non-hydrogen) atoms. The van der Waals surface area contributed by atoms with Crippen LogP contribution in [0.5, 0.6) is 0 Å². The van der Waals surface area contributed by atoms with Crippen molar-refractivity contribution in [2.24, 2.45) is 23.7 Å². The lowest BCUT2D eigenvalue weighted by molar-refractivity contribution is -0.176. The molecule has 0 unspecified atom stereocenters. The number of cyclic esters (lactones) is 4. The maximum absolute atomic E-state index is 15.2. The summed E-state index contributed by atoms with van der Waals surface area (Å²) in [5, 5.41) is 28.9. The highest BCUT2D eigenvalue weighted by Gasteiger charge is 2.43. The molecule has 492 valence electrons. The molecule has 1 saturated heterocycles. The molecule has 2 aromatic heterocycles. The van der Waals surface area contributed by atoms with E-state index in [-0.39, 0.29) is 75.4 Å². The molecule has 2 N–H and O–H groups in total. The number of likely N-dealkylation sites (N-methyl/N-ethyl adjacent to an activating group) is 4. The second-order valence-corrected chi connectivity index (χ2v) is 26.7. The predicted molar refractivity (Wildman–Crippen MR) is 334 cm³/mol. The molecule has 0 bridgehead atoms. The lowest BCUT2D eigenvalue weighted by atomic mass is 9.99. The highest BCUT2D eigenvalue weighted by Crippen LogP contribution is 2.41. The van der Waals surface area contributed by atoms with Gasteiger partial charge >= 0.3 is 23.9 Å². The molecular weight excluding hydrogens is 1150 g/mol. The van der Waals surface area contributed by atoms with Gasteiger partial charge in [-0.25, -0.2) is 19.2 Å². The number of amides is 4. The van der Waals surface area contributed by atoms with Crippen molar-refractivity contribution in [2.45, 2.75) is 220 Å². The van der Waals surface area contributed by atoms with Crippen LogP contribution in [-0.2, 0) is 96.4 Å². The summed E-state index contributed by atoms with van der Waals surface area (Å²) in [4.78, 5) is 123. The largest absolute Gasteiger partial charge is 0.451 e. The molecule has 2 aromatic carbocycles. The Balaban J connectivity index is 1.24. The smallest absolute Gasteiger partial charge is 0.329 e. The fourth-order valence-corrected chi connectivity index (χ4v) is 11.6. The van der Waals surface area contributed by atoms with Gasteiger partial charge in [0.1, 0.15) is 24.2 Å². The Kier molecular flexibility index (Phi) is 24.1. The average Bonchev–Trinajstić information content (AvgIpc) is 2.34. The maximum Gasteiger partial charge on any atom is 0.329 e. The van der Waals surface area contributed by atoms with Crippen LogP contribution in [0, 0.1) is 23.7 Å². The van der Waals surface area contributed by atoms with Crippen molar-refractivity contribution in [3.05, 3.63) is 106 Å². The van der Waals surface area contributed by atoms with Gasteiger partial charge in [-0.2, -0.15) is 10.2 Å². The first-order valence-electron chi connectivity index (χ1n) is 32.0. The van der Waals surface area contributed by atoms with Crippen LogP contribution in [0.25, 0.3) is 0 Å². The lowest BCUT2D eigenvalue weighted by Gasteiger charge is -2.35. The number of aliphatic hydroxyl groups excluding tert-OH is 2. The summed E-state index contributed by atoms with van der Waals surface area (Å²) in [7, 11) is 5.56. The van der Waals surface area contributed by atoms with E-state index in [0.717, 1.165) is 67.8 Å². The van der Waals surface area contributed by atoms with E-state index in [1.54, 1.807) is 24.3 Å². The first-order chi connectivity index (χ1) is 42.6. The van der Waals surface area contributed by atoms with Gasteiger partial charge in [-0.1, -0.05) is 104 Å². The predicted octanol–water partition coefficient (Wildman–Crippen LogP) is 6.89. The number of carbonyl (C=O) groups excluding carboxylic acids is 8. The van der Waals surface area contributed by atoms with Crippen LogP contribution in [0.1, 0.15) is 177 Å². The molecule has 2 aliphatic carbocycles. The SMILES string of the molecule is CC(C)C[C@H]1C(=O)O[C@H](Cc2ccc(Cn3nc(CO)cc3C3CC3)cc2)C(=O)N(C)[C@@H](CC(C)C)C(=O)O[C@H](C)C(=O)N(C)[C@@H](CC(C)C)C(=O)O[C@H](Cc2ccc(Cn3nc(CO)cc3C3CC3)cc2)C(=O)N(C)[C@@H](CC(C)C)C(=O)O[C@H](C)C(=O)N1C. The number of hydrogen-bond acceptors (Lipinski definition) is 16. The molecule has 4 aromatic rings.